The van der Waals surface area contributed by atoms with Gasteiger partial charge in [-0.3, -0.25) is 4.39 Å². The molecule has 0 aromatic heterocycles. The molecule has 1 aliphatic heterocycles. The number of hydrogen-bond donors (Lipinski definition) is 1. The quantitative estimate of drug-likeness (QED) is 0.638. The van der Waals surface area contributed by atoms with E-state index < -0.39 is 0 Å². The molecule has 1 heterocycles. The average molecular weight is 171 g/mol. The highest BCUT2D eigenvalue weighted by Crippen LogP contribution is 2.42. The minimum atomic E-state index is -0.106. The van der Waals surface area contributed by atoms with Gasteiger partial charge in [-0.15, -0.1) is 0 Å². The summed E-state index contributed by atoms with van der Waals surface area (Å²) in [7, 11) is 0. The minimum absolute atomic E-state index is 0.0382. The summed E-state index contributed by atoms with van der Waals surface area (Å²) in [5.41, 5.74) is 0.0382. The molecule has 0 aromatic carbocycles. The Hall–Kier alpha value is -0.110. The molecule has 0 amide bonds. The molecule has 1 saturated heterocycles. The van der Waals surface area contributed by atoms with Crippen molar-refractivity contribution in [3.63, 3.8) is 0 Å². The second-order valence-electron chi connectivity index (χ2n) is 4.35. The number of fused-ring (bicyclic) bond motifs is 1. The van der Waals surface area contributed by atoms with E-state index in [-0.39, 0.29) is 12.1 Å². The van der Waals surface area contributed by atoms with Crippen LogP contribution in [0.5, 0.6) is 0 Å². The zero-order valence-corrected chi connectivity index (χ0v) is 7.61. The zero-order chi connectivity index (χ0) is 8.44. The van der Waals surface area contributed by atoms with Crippen LogP contribution in [0.3, 0.4) is 0 Å². The Kier molecular flexibility index (Phi) is 2.35. The first kappa shape index (κ1) is 8.49. The summed E-state index contributed by atoms with van der Waals surface area (Å²) in [5, 5.41) is 3.47. The van der Waals surface area contributed by atoms with Crippen LogP contribution in [-0.4, -0.2) is 19.3 Å². The summed E-state index contributed by atoms with van der Waals surface area (Å²) in [6, 6.07) is 0.491. The maximum Gasteiger partial charge on any atom is 0.0965 e. The molecule has 0 bridgehead atoms. The van der Waals surface area contributed by atoms with Crippen molar-refractivity contribution in [2.45, 2.75) is 44.6 Å². The van der Waals surface area contributed by atoms with Gasteiger partial charge in [0.2, 0.25) is 0 Å². The Morgan fingerprint density at radius 2 is 2.08 bits per heavy atom. The summed E-state index contributed by atoms with van der Waals surface area (Å²) in [6.45, 7) is 0.997. The van der Waals surface area contributed by atoms with E-state index in [0.717, 1.165) is 19.4 Å². The third kappa shape index (κ3) is 1.26. The lowest BCUT2D eigenvalue weighted by atomic mass is 9.67. The van der Waals surface area contributed by atoms with Gasteiger partial charge in [-0.05, 0) is 32.2 Å². The van der Waals surface area contributed by atoms with Crippen molar-refractivity contribution in [3.05, 3.63) is 0 Å². The Bertz CT molecular complexity index is 146. The zero-order valence-electron chi connectivity index (χ0n) is 7.61. The van der Waals surface area contributed by atoms with Gasteiger partial charge in [0.1, 0.15) is 0 Å². The summed E-state index contributed by atoms with van der Waals surface area (Å²) < 4.78 is 13.0. The third-order valence-corrected chi connectivity index (χ3v) is 3.66. The Labute approximate surface area is 73.7 Å². The normalized spacial score (nSPS) is 42.2. The number of rotatable bonds is 1. The fraction of sp³-hybridized carbons (Fsp3) is 1.00. The Balaban J connectivity index is 2.10. The van der Waals surface area contributed by atoms with Crippen molar-refractivity contribution in [3.8, 4) is 0 Å². The van der Waals surface area contributed by atoms with Crippen molar-refractivity contribution in [1.29, 1.82) is 0 Å². The number of piperidine rings is 1. The lowest BCUT2D eigenvalue weighted by molar-refractivity contribution is 0.0536. The predicted molar refractivity (Wildman–Crippen MR) is 47.9 cm³/mol. The van der Waals surface area contributed by atoms with Crippen LogP contribution in [0.2, 0.25) is 0 Å². The largest absolute Gasteiger partial charge is 0.313 e. The maximum atomic E-state index is 13.0. The summed E-state index contributed by atoms with van der Waals surface area (Å²) in [6.07, 6.45) is 7.12. The molecule has 1 nitrogen and oxygen atoms in total. The highest BCUT2D eigenvalue weighted by atomic mass is 19.1. The highest BCUT2D eigenvalue weighted by Gasteiger charge is 2.42. The molecule has 1 saturated carbocycles. The lowest BCUT2D eigenvalue weighted by Gasteiger charge is -2.46. The molecule has 0 aromatic rings. The molecule has 2 unspecified atom stereocenters. The van der Waals surface area contributed by atoms with Crippen LogP contribution in [0.25, 0.3) is 0 Å². The summed E-state index contributed by atoms with van der Waals surface area (Å²) in [4.78, 5) is 0. The number of nitrogens with one attached hydrogen (secondary N) is 1. The molecule has 2 rings (SSSR count). The van der Waals surface area contributed by atoms with Crippen LogP contribution in [0.1, 0.15) is 38.5 Å². The molecular formula is C10H18FN. The molecular weight excluding hydrogens is 153 g/mol. The van der Waals surface area contributed by atoms with Gasteiger partial charge in [0, 0.05) is 11.5 Å². The van der Waals surface area contributed by atoms with E-state index in [4.69, 9.17) is 0 Å². The SMILES string of the molecule is FCC12CCCCC1NCCC2. The van der Waals surface area contributed by atoms with E-state index in [0.29, 0.717) is 6.04 Å². The topological polar surface area (TPSA) is 12.0 Å². The van der Waals surface area contributed by atoms with Gasteiger partial charge in [0.05, 0.1) is 6.67 Å². The second kappa shape index (κ2) is 3.33. The molecule has 2 fully saturated rings. The van der Waals surface area contributed by atoms with Gasteiger partial charge in [-0.25, -0.2) is 0 Å². The van der Waals surface area contributed by atoms with Crippen LogP contribution in [-0.2, 0) is 0 Å². The van der Waals surface area contributed by atoms with Crippen molar-refractivity contribution < 1.29 is 4.39 Å². The third-order valence-electron chi connectivity index (χ3n) is 3.66. The van der Waals surface area contributed by atoms with Crippen LogP contribution >= 0.6 is 0 Å². The van der Waals surface area contributed by atoms with Gasteiger partial charge in [0.15, 0.2) is 0 Å². The molecule has 2 heteroatoms. The molecule has 2 aliphatic rings. The van der Waals surface area contributed by atoms with E-state index in [9.17, 15) is 4.39 Å². The van der Waals surface area contributed by atoms with Gasteiger partial charge in [-0.2, -0.15) is 0 Å². The average Bonchev–Trinajstić information content (AvgIpc) is 2.18. The molecule has 12 heavy (non-hydrogen) atoms. The first-order chi connectivity index (χ1) is 5.87. The number of alkyl halides is 1. The van der Waals surface area contributed by atoms with Crippen molar-refractivity contribution in [2.75, 3.05) is 13.2 Å². The molecule has 2 atom stereocenters. The first-order valence-corrected chi connectivity index (χ1v) is 5.17. The number of hydrogen-bond acceptors (Lipinski definition) is 1. The van der Waals surface area contributed by atoms with Crippen LogP contribution in [0.15, 0.2) is 0 Å². The standard InChI is InChI=1S/C10H18FN/c11-8-10-5-2-1-4-9(10)12-7-3-6-10/h9,12H,1-8H2. The highest BCUT2D eigenvalue weighted by molar-refractivity contribution is 4.96. The Morgan fingerprint density at radius 3 is 2.83 bits per heavy atom. The van der Waals surface area contributed by atoms with Gasteiger partial charge in [-0.1, -0.05) is 12.8 Å². The van der Waals surface area contributed by atoms with Gasteiger partial charge in [0.25, 0.3) is 0 Å². The second-order valence-corrected chi connectivity index (χ2v) is 4.35. The summed E-state index contributed by atoms with van der Waals surface area (Å²) >= 11 is 0. The van der Waals surface area contributed by atoms with Crippen LogP contribution in [0.4, 0.5) is 4.39 Å². The molecule has 70 valence electrons. The number of halogens is 1. The van der Waals surface area contributed by atoms with Crippen molar-refractivity contribution in [2.24, 2.45) is 5.41 Å². The fourth-order valence-corrected chi connectivity index (χ4v) is 2.87. The van der Waals surface area contributed by atoms with Crippen LogP contribution in [0, 0.1) is 5.41 Å². The van der Waals surface area contributed by atoms with Gasteiger partial charge < -0.3 is 5.32 Å². The predicted octanol–water partition coefficient (Wildman–Crippen LogP) is 2.27. The fourth-order valence-electron chi connectivity index (χ4n) is 2.87. The monoisotopic (exact) mass is 171 g/mol. The van der Waals surface area contributed by atoms with E-state index in [1.54, 1.807) is 0 Å². The van der Waals surface area contributed by atoms with E-state index in [1.807, 2.05) is 0 Å². The first-order valence-electron chi connectivity index (χ1n) is 5.17. The van der Waals surface area contributed by atoms with Crippen molar-refractivity contribution >= 4 is 0 Å². The Morgan fingerprint density at radius 1 is 1.25 bits per heavy atom. The molecule has 1 N–H and O–H groups in total. The van der Waals surface area contributed by atoms with Crippen molar-refractivity contribution in [1.82, 2.24) is 5.32 Å². The molecule has 0 spiro atoms. The lowest BCUT2D eigenvalue weighted by Crippen LogP contribution is -2.52. The van der Waals surface area contributed by atoms with E-state index >= 15 is 0 Å². The molecule has 0 radical (unpaired) electrons. The molecule has 1 aliphatic carbocycles. The maximum absolute atomic E-state index is 13.0. The van der Waals surface area contributed by atoms with E-state index in [2.05, 4.69) is 5.32 Å². The van der Waals surface area contributed by atoms with E-state index in [1.165, 1.54) is 25.7 Å². The smallest absolute Gasteiger partial charge is 0.0965 e. The van der Waals surface area contributed by atoms with Crippen LogP contribution < -0.4 is 5.32 Å². The van der Waals surface area contributed by atoms with Gasteiger partial charge >= 0.3 is 0 Å². The minimum Gasteiger partial charge on any atom is -0.313 e. The summed E-state index contributed by atoms with van der Waals surface area (Å²) in [5.74, 6) is 0.